The lowest BCUT2D eigenvalue weighted by Crippen LogP contribution is -2.12. The number of hydrogen-bond donors (Lipinski definition) is 2. The lowest BCUT2D eigenvalue weighted by molar-refractivity contribution is 0.600. The zero-order valence-corrected chi connectivity index (χ0v) is 15.2. The number of hydrogen-bond acceptors (Lipinski definition) is 4. The Balaban J connectivity index is 1.89. The number of rotatable bonds is 6. The zero-order chi connectivity index (χ0) is 18.7. The Hall–Kier alpha value is -2.93. The Labute approximate surface area is 152 Å². The van der Waals surface area contributed by atoms with Crippen molar-refractivity contribution in [1.29, 1.82) is 5.41 Å². The largest absolute Gasteiger partial charge is 0.384 e. The van der Waals surface area contributed by atoms with Gasteiger partial charge in [0.2, 0.25) is 0 Å². The molecule has 3 aromatic rings. The van der Waals surface area contributed by atoms with Crippen molar-refractivity contribution >= 4 is 15.7 Å². The number of amidine groups is 1. The highest BCUT2D eigenvalue weighted by atomic mass is 32.2. The van der Waals surface area contributed by atoms with Gasteiger partial charge in [-0.1, -0.05) is 36.4 Å². The average Bonchev–Trinajstić information content (AvgIpc) is 3.01. The summed E-state index contributed by atoms with van der Waals surface area (Å²) in [5, 5.41) is 7.56. The van der Waals surface area contributed by atoms with E-state index in [9.17, 15) is 8.42 Å². The Morgan fingerprint density at radius 2 is 1.96 bits per heavy atom. The third kappa shape index (κ3) is 4.00. The van der Waals surface area contributed by atoms with Crippen LogP contribution in [0.2, 0.25) is 0 Å². The summed E-state index contributed by atoms with van der Waals surface area (Å²) < 4.78 is 26.0. The number of imidazole rings is 1. The van der Waals surface area contributed by atoms with Gasteiger partial charge >= 0.3 is 0 Å². The molecule has 0 bridgehead atoms. The Morgan fingerprint density at radius 1 is 1.19 bits per heavy atom. The van der Waals surface area contributed by atoms with Crippen molar-refractivity contribution in [3.8, 4) is 0 Å². The van der Waals surface area contributed by atoms with Crippen LogP contribution in [0, 0.1) is 5.41 Å². The summed E-state index contributed by atoms with van der Waals surface area (Å²) in [7, 11) is -3.30. The van der Waals surface area contributed by atoms with E-state index < -0.39 is 9.84 Å². The van der Waals surface area contributed by atoms with Crippen molar-refractivity contribution in [2.24, 2.45) is 5.73 Å². The van der Waals surface area contributed by atoms with Crippen molar-refractivity contribution < 1.29 is 8.42 Å². The third-order valence-corrected chi connectivity index (χ3v) is 5.31. The molecule has 134 valence electrons. The van der Waals surface area contributed by atoms with E-state index in [1.165, 1.54) is 6.26 Å². The van der Waals surface area contributed by atoms with Gasteiger partial charge in [-0.2, -0.15) is 0 Å². The molecule has 0 aliphatic carbocycles. The van der Waals surface area contributed by atoms with E-state index in [4.69, 9.17) is 11.1 Å². The first kappa shape index (κ1) is 17.9. The smallest absolute Gasteiger partial charge is 0.175 e. The maximum Gasteiger partial charge on any atom is 0.175 e. The van der Waals surface area contributed by atoms with Gasteiger partial charge in [-0.15, -0.1) is 0 Å². The minimum absolute atomic E-state index is 0.0276. The fourth-order valence-electron chi connectivity index (χ4n) is 2.87. The lowest BCUT2D eigenvalue weighted by Gasteiger charge is -2.11. The molecule has 7 heteroatoms. The first-order valence-electron chi connectivity index (χ1n) is 8.06. The van der Waals surface area contributed by atoms with Gasteiger partial charge in [-0.05, 0) is 23.3 Å². The molecule has 0 radical (unpaired) electrons. The number of nitrogens with two attached hydrogens (primary N) is 1. The number of sulfone groups is 1. The highest BCUT2D eigenvalue weighted by Crippen LogP contribution is 2.19. The molecule has 1 aromatic heterocycles. The van der Waals surface area contributed by atoms with Crippen LogP contribution in [0.5, 0.6) is 0 Å². The molecule has 0 atom stereocenters. The predicted molar refractivity (Wildman–Crippen MR) is 101 cm³/mol. The van der Waals surface area contributed by atoms with Gasteiger partial charge in [0.05, 0.1) is 4.90 Å². The highest BCUT2D eigenvalue weighted by molar-refractivity contribution is 7.90. The molecule has 3 rings (SSSR count). The Morgan fingerprint density at radius 3 is 2.69 bits per heavy atom. The van der Waals surface area contributed by atoms with E-state index in [-0.39, 0.29) is 5.84 Å². The summed E-state index contributed by atoms with van der Waals surface area (Å²) in [5.74, 6) is 0.800. The third-order valence-electron chi connectivity index (χ3n) is 4.11. The van der Waals surface area contributed by atoms with E-state index in [0.29, 0.717) is 23.4 Å². The molecule has 0 saturated carbocycles. The van der Waals surface area contributed by atoms with Gasteiger partial charge in [0.25, 0.3) is 0 Å². The summed E-state index contributed by atoms with van der Waals surface area (Å²) in [5.41, 5.74) is 7.94. The number of nitrogens with one attached hydrogen (secondary N) is 1. The minimum Gasteiger partial charge on any atom is -0.384 e. The molecule has 6 nitrogen and oxygen atoms in total. The normalized spacial score (nSPS) is 11.4. The van der Waals surface area contributed by atoms with Crippen LogP contribution < -0.4 is 5.73 Å². The van der Waals surface area contributed by atoms with Gasteiger partial charge in [-0.25, -0.2) is 13.4 Å². The predicted octanol–water partition coefficient (Wildman–Crippen LogP) is 2.21. The van der Waals surface area contributed by atoms with Crippen molar-refractivity contribution in [2.45, 2.75) is 17.9 Å². The van der Waals surface area contributed by atoms with Crippen molar-refractivity contribution in [3.63, 3.8) is 0 Å². The van der Waals surface area contributed by atoms with Gasteiger partial charge in [0, 0.05) is 37.2 Å². The molecule has 0 amide bonds. The summed E-state index contributed by atoms with van der Waals surface area (Å²) >= 11 is 0. The standard InChI is InChI=1S/C19H20N4O2S/c1-26(24,25)17-8-3-2-6-15(17)12-18-22-9-10-23(18)13-14-5-4-7-16(11-14)19(20)21/h2-11H,12-13H2,1H3,(H3,20,21). The summed E-state index contributed by atoms with van der Waals surface area (Å²) in [6, 6.07) is 14.5. The second kappa shape index (κ2) is 7.13. The SMILES string of the molecule is CS(=O)(=O)c1ccccc1Cc1nccn1Cc1cccc(C(=N)N)c1. The van der Waals surface area contributed by atoms with E-state index >= 15 is 0 Å². The van der Waals surface area contributed by atoms with Crippen LogP contribution in [-0.4, -0.2) is 30.1 Å². The summed E-state index contributed by atoms with van der Waals surface area (Å²) in [6.07, 6.45) is 5.19. The zero-order valence-electron chi connectivity index (χ0n) is 14.4. The van der Waals surface area contributed by atoms with Crippen LogP contribution in [-0.2, 0) is 22.8 Å². The second-order valence-corrected chi connectivity index (χ2v) is 8.13. The topological polar surface area (TPSA) is 102 Å². The summed E-state index contributed by atoms with van der Waals surface area (Å²) in [4.78, 5) is 4.72. The molecular weight excluding hydrogens is 348 g/mol. The highest BCUT2D eigenvalue weighted by Gasteiger charge is 2.15. The second-order valence-electron chi connectivity index (χ2n) is 6.14. The van der Waals surface area contributed by atoms with Crippen molar-refractivity contribution in [1.82, 2.24) is 9.55 Å². The number of aromatic nitrogens is 2. The van der Waals surface area contributed by atoms with Crippen LogP contribution >= 0.6 is 0 Å². The van der Waals surface area contributed by atoms with Gasteiger partial charge in [-0.3, -0.25) is 5.41 Å². The van der Waals surface area contributed by atoms with E-state index in [2.05, 4.69) is 4.98 Å². The fourth-order valence-corrected chi connectivity index (χ4v) is 3.81. The molecule has 0 aliphatic rings. The molecule has 0 saturated heterocycles. The maximum atomic E-state index is 12.0. The monoisotopic (exact) mass is 368 g/mol. The van der Waals surface area contributed by atoms with Gasteiger partial charge < -0.3 is 10.3 Å². The lowest BCUT2D eigenvalue weighted by atomic mass is 10.1. The molecule has 1 heterocycles. The molecule has 0 unspecified atom stereocenters. The first-order valence-corrected chi connectivity index (χ1v) is 9.95. The molecule has 3 N–H and O–H groups in total. The Kier molecular flexibility index (Phi) is 4.90. The maximum absolute atomic E-state index is 12.0. The molecule has 0 aliphatic heterocycles. The average molecular weight is 368 g/mol. The molecule has 0 spiro atoms. The van der Waals surface area contributed by atoms with E-state index in [0.717, 1.165) is 17.0 Å². The van der Waals surface area contributed by atoms with Crippen molar-refractivity contribution in [3.05, 3.63) is 83.4 Å². The molecule has 0 fully saturated rings. The van der Waals surface area contributed by atoms with Crippen LogP contribution in [0.15, 0.2) is 65.8 Å². The first-order chi connectivity index (χ1) is 12.3. The number of benzene rings is 2. The van der Waals surface area contributed by atoms with Crippen LogP contribution in [0.1, 0.15) is 22.5 Å². The molecule has 26 heavy (non-hydrogen) atoms. The minimum atomic E-state index is -3.30. The van der Waals surface area contributed by atoms with Gasteiger partial charge in [0.15, 0.2) is 9.84 Å². The van der Waals surface area contributed by atoms with Crippen molar-refractivity contribution in [2.75, 3.05) is 6.26 Å². The molecule has 2 aromatic carbocycles. The van der Waals surface area contributed by atoms with Crippen LogP contribution in [0.3, 0.4) is 0 Å². The Bertz CT molecular complexity index is 1050. The van der Waals surface area contributed by atoms with Crippen LogP contribution in [0.4, 0.5) is 0 Å². The van der Waals surface area contributed by atoms with Crippen LogP contribution in [0.25, 0.3) is 0 Å². The summed E-state index contributed by atoms with van der Waals surface area (Å²) in [6.45, 7) is 0.567. The number of nitrogen functional groups attached to an aromatic ring is 1. The molecular formula is C19H20N4O2S. The van der Waals surface area contributed by atoms with E-state index in [1.807, 2.05) is 41.1 Å². The quantitative estimate of drug-likeness (QED) is 0.514. The number of nitrogens with zero attached hydrogens (tertiary/aromatic N) is 2. The fraction of sp³-hybridized carbons (Fsp3) is 0.158. The van der Waals surface area contributed by atoms with E-state index in [1.54, 1.807) is 24.4 Å². The van der Waals surface area contributed by atoms with Gasteiger partial charge in [0.1, 0.15) is 11.7 Å².